The molecule has 0 bridgehead atoms. The van der Waals surface area contributed by atoms with E-state index in [-0.39, 0.29) is 23.5 Å². The lowest BCUT2D eigenvalue weighted by Gasteiger charge is -2.38. The number of carbonyl (C=O) groups is 1. The Hall–Kier alpha value is -1.39. The van der Waals surface area contributed by atoms with Crippen LogP contribution in [-0.2, 0) is 14.9 Å². The number of para-hydroxylation sites is 1. The Bertz CT molecular complexity index is 487. The summed E-state index contributed by atoms with van der Waals surface area (Å²) in [5.41, 5.74) is 1.80. The first-order valence-electron chi connectivity index (χ1n) is 7.04. The molecule has 1 aliphatic heterocycles. The van der Waals surface area contributed by atoms with Crippen LogP contribution in [0.2, 0.25) is 0 Å². The van der Waals surface area contributed by atoms with Gasteiger partial charge in [-0.25, -0.2) is 0 Å². The molecule has 1 aromatic carbocycles. The van der Waals surface area contributed by atoms with Crippen molar-refractivity contribution >= 4 is 11.6 Å². The number of anilines is 1. The van der Waals surface area contributed by atoms with Gasteiger partial charge in [-0.05, 0) is 24.0 Å². The van der Waals surface area contributed by atoms with Gasteiger partial charge in [0.2, 0.25) is 5.91 Å². The Morgan fingerprint density at radius 2 is 2.00 bits per heavy atom. The van der Waals surface area contributed by atoms with E-state index in [9.17, 15) is 4.79 Å². The molecule has 0 unspecified atom stereocenters. The molecular formula is C16H24N2O2. The highest BCUT2D eigenvalue weighted by molar-refractivity contribution is 5.92. The second-order valence-electron chi connectivity index (χ2n) is 6.69. The zero-order valence-electron chi connectivity index (χ0n) is 12.7. The summed E-state index contributed by atoms with van der Waals surface area (Å²) in [6.07, 6.45) is 0. The number of hydrogen-bond acceptors (Lipinski definition) is 3. The van der Waals surface area contributed by atoms with Gasteiger partial charge in [-0.2, -0.15) is 0 Å². The van der Waals surface area contributed by atoms with Gasteiger partial charge in [-0.1, -0.05) is 39.0 Å². The number of ether oxygens (including phenoxy) is 1. The van der Waals surface area contributed by atoms with Crippen molar-refractivity contribution in [3.05, 3.63) is 29.8 Å². The van der Waals surface area contributed by atoms with Crippen LogP contribution in [0, 0.1) is 0 Å². The Balaban J connectivity index is 1.97. The normalized spacial score (nSPS) is 17.4. The molecule has 4 heteroatoms. The number of nitrogens with one attached hydrogen (secondary N) is 2. The molecule has 1 aromatic rings. The van der Waals surface area contributed by atoms with E-state index < -0.39 is 0 Å². The van der Waals surface area contributed by atoms with E-state index in [1.54, 1.807) is 0 Å². The van der Waals surface area contributed by atoms with Gasteiger partial charge in [0.05, 0.1) is 5.60 Å². The van der Waals surface area contributed by atoms with Crippen molar-refractivity contribution in [3.8, 4) is 0 Å². The van der Waals surface area contributed by atoms with Crippen LogP contribution in [-0.4, -0.2) is 31.2 Å². The second kappa shape index (κ2) is 5.54. The highest BCUT2D eigenvalue weighted by Crippen LogP contribution is 2.29. The van der Waals surface area contributed by atoms with E-state index in [0.29, 0.717) is 0 Å². The maximum absolute atomic E-state index is 12.0. The molecule has 110 valence electrons. The number of benzene rings is 1. The van der Waals surface area contributed by atoms with Crippen molar-refractivity contribution in [1.82, 2.24) is 5.32 Å². The standard InChI is InChI=1S/C16H24N2O2/c1-15(2,3)12-7-5-6-8-13(12)18-14(19)9-20-16(4)10-17-11-16/h5-8,17H,9-11H2,1-4H3,(H,18,19). The van der Waals surface area contributed by atoms with Crippen LogP contribution in [0.1, 0.15) is 33.3 Å². The van der Waals surface area contributed by atoms with E-state index in [1.807, 2.05) is 31.2 Å². The average Bonchev–Trinajstić information content (AvgIpc) is 2.33. The summed E-state index contributed by atoms with van der Waals surface area (Å²) in [6.45, 7) is 10.1. The summed E-state index contributed by atoms with van der Waals surface area (Å²) < 4.78 is 5.65. The van der Waals surface area contributed by atoms with Gasteiger partial charge in [0.1, 0.15) is 6.61 Å². The topological polar surface area (TPSA) is 50.4 Å². The summed E-state index contributed by atoms with van der Waals surface area (Å²) in [5, 5.41) is 6.10. The molecule has 0 atom stereocenters. The SMILES string of the molecule is CC1(OCC(=O)Nc2ccccc2C(C)(C)C)CNC1. The van der Waals surface area contributed by atoms with Crippen LogP contribution in [0.4, 0.5) is 5.69 Å². The third-order valence-electron chi connectivity index (χ3n) is 3.56. The summed E-state index contributed by atoms with van der Waals surface area (Å²) >= 11 is 0. The fourth-order valence-electron chi connectivity index (χ4n) is 2.25. The largest absolute Gasteiger partial charge is 0.363 e. The van der Waals surface area contributed by atoms with Crippen LogP contribution < -0.4 is 10.6 Å². The predicted molar refractivity (Wildman–Crippen MR) is 81.0 cm³/mol. The van der Waals surface area contributed by atoms with Gasteiger partial charge in [-0.3, -0.25) is 4.79 Å². The van der Waals surface area contributed by atoms with Gasteiger partial charge in [-0.15, -0.1) is 0 Å². The van der Waals surface area contributed by atoms with E-state index >= 15 is 0 Å². The fourth-order valence-corrected chi connectivity index (χ4v) is 2.25. The Morgan fingerprint density at radius 1 is 1.35 bits per heavy atom. The predicted octanol–water partition coefficient (Wildman–Crippen LogP) is 2.30. The summed E-state index contributed by atoms with van der Waals surface area (Å²) in [7, 11) is 0. The van der Waals surface area contributed by atoms with Crippen LogP contribution >= 0.6 is 0 Å². The maximum Gasteiger partial charge on any atom is 0.250 e. The van der Waals surface area contributed by atoms with Crippen molar-refractivity contribution in [2.24, 2.45) is 0 Å². The number of rotatable bonds is 4. The van der Waals surface area contributed by atoms with Crippen molar-refractivity contribution in [2.45, 2.75) is 38.7 Å². The van der Waals surface area contributed by atoms with Gasteiger partial charge in [0.15, 0.2) is 0 Å². The molecule has 0 aliphatic carbocycles. The molecule has 0 radical (unpaired) electrons. The van der Waals surface area contributed by atoms with Gasteiger partial charge in [0.25, 0.3) is 0 Å². The van der Waals surface area contributed by atoms with Gasteiger partial charge in [0, 0.05) is 18.8 Å². The van der Waals surface area contributed by atoms with E-state index in [0.717, 1.165) is 24.3 Å². The highest BCUT2D eigenvalue weighted by atomic mass is 16.5. The van der Waals surface area contributed by atoms with Crippen molar-refractivity contribution < 1.29 is 9.53 Å². The molecule has 0 saturated carbocycles. The molecule has 1 saturated heterocycles. The molecule has 1 heterocycles. The lowest BCUT2D eigenvalue weighted by Crippen LogP contribution is -2.59. The second-order valence-corrected chi connectivity index (χ2v) is 6.69. The summed E-state index contributed by atoms with van der Waals surface area (Å²) in [5.74, 6) is -0.102. The minimum atomic E-state index is -0.194. The minimum Gasteiger partial charge on any atom is -0.363 e. The molecule has 0 spiro atoms. The molecule has 4 nitrogen and oxygen atoms in total. The highest BCUT2D eigenvalue weighted by Gasteiger charge is 2.33. The molecule has 1 fully saturated rings. The summed E-state index contributed by atoms with van der Waals surface area (Å²) in [6, 6.07) is 7.91. The fraction of sp³-hybridized carbons (Fsp3) is 0.562. The Labute approximate surface area is 120 Å². The van der Waals surface area contributed by atoms with Crippen molar-refractivity contribution in [1.29, 1.82) is 0 Å². The quantitative estimate of drug-likeness (QED) is 0.887. The lowest BCUT2D eigenvalue weighted by molar-refractivity contribution is -0.130. The smallest absolute Gasteiger partial charge is 0.250 e. The van der Waals surface area contributed by atoms with Crippen molar-refractivity contribution in [3.63, 3.8) is 0 Å². The van der Waals surface area contributed by atoms with E-state index in [2.05, 4.69) is 31.4 Å². The zero-order chi connectivity index (χ0) is 14.8. The molecule has 0 aromatic heterocycles. The first-order chi connectivity index (χ1) is 9.30. The van der Waals surface area contributed by atoms with Crippen molar-refractivity contribution in [2.75, 3.05) is 25.0 Å². The molecule has 2 rings (SSSR count). The summed E-state index contributed by atoms with van der Waals surface area (Å²) in [4.78, 5) is 12.0. The number of amides is 1. The molecule has 1 amide bonds. The van der Waals surface area contributed by atoms with Crippen LogP contribution in [0.5, 0.6) is 0 Å². The monoisotopic (exact) mass is 276 g/mol. The van der Waals surface area contributed by atoms with Crippen LogP contribution in [0.25, 0.3) is 0 Å². The van der Waals surface area contributed by atoms with Crippen LogP contribution in [0.3, 0.4) is 0 Å². The minimum absolute atomic E-state index is 0.00536. The Kier molecular flexibility index (Phi) is 4.16. The average molecular weight is 276 g/mol. The van der Waals surface area contributed by atoms with Crippen LogP contribution in [0.15, 0.2) is 24.3 Å². The first-order valence-corrected chi connectivity index (χ1v) is 7.04. The number of hydrogen-bond donors (Lipinski definition) is 2. The first kappa shape index (κ1) is 15.0. The lowest BCUT2D eigenvalue weighted by atomic mass is 9.86. The van der Waals surface area contributed by atoms with Gasteiger partial charge < -0.3 is 15.4 Å². The number of carbonyl (C=O) groups excluding carboxylic acids is 1. The Morgan fingerprint density at radius 3 is 2.55 bits per heavy atom. The molecule has 1 aliphatic rings. The molecule has 20 heavy (non-hydrogen) atoms. The van der Waals surface area contributed by atoms with E-state index in [4.69, 9.17) is 4.74 Å². The third-order valence-corrected chi connectivity index (χ3v) is 3.56. The zero-order valence-corrected chi connectivity index (χ0v) is 12.7. The maximum atomic E-state index is 12.0. The van der Waals surface area contributed by atoms with Gasteiger partial charge >= 0.3 is 0 Å². The molecular weight excluding hydrogens is 252 g/mol. The molecule has 2 N–H and O–H groups in total. The van der Waals surface area contributed by atoms with E-state index in [1.165, 1.54) is 0 Å². The third kappa shape index (κ3) is 3.58.